The van der Waals surface area contributed by atoms with Crippen LogP contribution in [-0.2, 0) is 19.4 Å². The van der Waals surface area contributed by atoms with Crippen molar-refractivity contribution < 1.29 is 26.8 Å². The van der Waals surface area contributed by atoms with Gasteiger partial charge in [-0.05, 0) is 37.6 Å². The fourth-order valence-corrected chi connectivity index (χ4v) is 3.31. The van der Waals surface area contributed by atoms with Crippen LogP contribution in [0.25, 0.3) is 11.3 Å². The average molecular weight is 364 g/mol. The molecule has 25 heavy (non-hydrogen) atoms. The van der Waals surface area contributed by atoms with Crippen molar-refractivity contribution in [3.05, 3.63) is 53.7 Å². The van der Waals surface area contributed by atoms with Crippen molar-refractivity contribution in [2.45, 2.75) is 30.8 Å². The van der Waals surface area contributed by atoms with E-state index in [0.29, 0.717) is 17.5 Å². The topological polar surface area (TPSA) is 73.6 Å². The molecule has 1 aromatic carbocycles. The van der Waals surface area contributed by atoms with Gasteiger partial charge in [-0.25, -0.2) is 8.42 Å². The summed E-state index contributed by atoms with van der Waals surface area (Å²) in [7, 11) is -3.33. The van der Waals surface area contributed by atoms with Crippen molar-refractivity contribution in [1.29, 1.82) is 0 Å². The van der Waals surface area contributed by atoms with Crippen LogP contribution in [0.3, 0.4) is 0 Å². The van der Waals surface area contributed by atoms with Gasteiger partial charge in [-0.2, -0.15) is 4.39 Å². The number of rotatable bonds is 4. The Morgan fingerprint density at radius 1 is 1.16 bits per heavy atom. The molecular weight excluding hydrogens is 347 g/mol. The van der Waals surface area contributed by atoms with Gasteiger partial charge in [0, 0.05) is 23.4 Å². The summed E-state index contributed by atoms with van der Waals surface area (Å²) in [5.74, 6) is 0.0215. The molecule has 0 saturated heterocycles. The molecule has 5 nitrogen and oxygen atoms in total. The minimum atomic E-state index is -3.33. The van der Waals surface area contributed by atoms with Crippen molar-refractivity contribution in [2.24, 2.45) is 0 Å². The molecule has 1 unspecified atom stereocenters. The van der Waals surface area contributed by atoms with Crippen LogP contribution < -0.4 is 0 Å². The van der Waals surface area contributed by atoms with Gasteiger partial charge in [0.2, 0.25) is 5.78 Å². The molecule has 0 radical (unpaired) electrons. The third-order valence-electron chi connectivity index (χ3n) is 4.34. The van der Waals surface area contributed by atoms with Crippen molar-refractivity contribution >= 4 is 27.0 Å². The maximum atomic E-state index is 13.3. The third kappa shape index (κ3) is 3.00. The SMILES string of the molecule is CCC1(C)OC(c2ccc(S(C)(=O)=O)cc2)=C(c2coc(F)c2)C1=O. The Bertz CT molecular complexity index is 969. The molecule has 1 aromatic heterocycles. The predicted molar refractivity (Wildman–Crippen MR) is 89.8 cm³/mol. The predicted octanol–water partition coefficient (Wildman–Crippen LogP) is 3.46. The number of hydrogen-bond acceptors (Lipinski definition) is 5. The van der Waals surface area contributed by atoms with Gasteiger partial charge in [0.15, 0.2) is 15.4 Å². The number of hydrogen-bond donors (Lipinski definition) is 0. The van der Waals surface area contributed by atoms with Crippen LogP contribution in [0, 0.1) is 6.01 Å². The van der Waals surface area contributed by atoms with Crippen molar-refractivity contribution in [2.75, 3.05) is 6.26 Å². The fourth-order valence-electron chi connectivity index (χ4n) is 2.68. The van der Waals surface area contributed by atoms with E-state index < -0.39 is 21.5 Å². The van der Waals surface area contributed by atoms with Gasteiger partial charge in [0.05, 0.1) is 10.5 Å². The Morgan fingerprint density at radius 3 is 2.28 bits per heavy atom. The number of ketones is 1. The highest BCUT2D eigenvalue weighted by Crippen LogP contribution is 2.43. The summed E-state index contributed by atoms with van der Waals surface area (Å²) in [6, 6.07) is 6.35. The van der Waals surface area contributed by atoms with E-state index in [-0.39, 0.29) is 22.0 Å². The monoisotopic (exact) mass is 364 g/mol. The number of sulfone groups is 1. The van der Waals surface area contributed by atoms with E-state index in [1.165, 1.54) is 12.1 Å². The molecule has 0 fully saturated rings. The second-order valence-corrected chi connectivity index (χ2v) is 8.17. The largest absolute Gasteiger partial charge is 0.478 e. The summed E-state index contributed by atoms with van der Waals surface area (Å²) in [6.45, 7) is 3.49. The minimum Gasteiger partial charge on any atom is -0.478 e. The van der Waals surface area contributed by atoms with Crippen LogP contribution in [-0.4, -0.2) is 26.1 Å². The number of halogens is 1. The zero-order valence-electron chi connectivity index (χ0n) is 14.0. The highest BCUT2D eigenvalue weighted by molar-refractivity contribution is 7.90. The lowest BCUT2D eigenvalue weighted by molar-refractivity contribution is -0.126. The Hall–Kier alpha value is -2.41. The van der Waals surface area contributed by atoms with E-state index in [2.05, 4.69) is 4.42 Å². The lowest BCUT2D eigenvalue weighted by atomic mass is 9.91. The van der Waals surface area contributed by atoms with Gasteiger partial charge >= 0.3 is 0 Å². The van der Waals surface area contributed by atoms with Crippen LogP contribution >= 0.6 is 0 Å². The van der Waals surface area contributed by atoms with E-state index in [1.54, 1.807) is 19.1 Å². The van der Waals surface area contributed by atoms with E-state index in [1.807, 2.05) is 6.92 Å². The van der Waals surface area contributed by atoms with Gasteiger partial charge in [-0.1, -0.05) is 6.92 Å². The second kappa shape index (κ2) is 5.84. The van der Waals surface area contributed by atoms with Crippen molar-refractivity contribution in [1.82, 2.24) is 0 Å². The molecule has 0 amide bonds. The lowest BCUT2D eigenvalue weighted by Gasteiger charge is -2.21. The van der Waals surface area contributed by atoms with E-state index in [9.17, 15) is 17.6 Å². The van der Waals surface area contributed by atoms with Crippen LogP contribution in [0.15, 0.2) is 45.9 Å². The maximum absolute atomic E-state index is 13.3. The van der Waals surface area contributed by atoms with E-state index in [0.717, 1.165) is 18.6 Å². The summed E-state index contributed by atoms with van der Waals surface area (Å²) < 4.78 is 47.1. The first-order chi connectivity index (χ1) is 11.7. The Labute approximate surface area is 145 Å². The number of carbonyl (C=O) groups is 1. The van der Waals surface area contributed by atoms with Crippen LogP contribution in [0.1, 0.15) is 31.4 Å². The molecule has 2 heterocycles. The minimum absolute atomic E-state index is 0.162. The second-order valence-electron chi connectivity index (χ2n) is 6.16. The molecule has 3 rings (SSSR count). The maximum Gasteiger partial charge on any atom is 0.278 e. The summed E-state index contributed by atoms with van der Waals surface area (Å²) in [5, 5.41) is 0. The number of furan rings is 1. The molecule has 0 N–H and O–H groups in total. The van der Waals surface area contributed by atoms with Crippen LogP contribution in [0.2, 0.25) is 0 Å². The normalized spacial score (nSPS) is 20.9. The standard InChI is InChI=1S/C18H17FO5S/c1-4-18(2)17(20)15(12-9-14(19)23-10-12)16(24-18)11-5-7-13(8-6-11)25(3,21)22/h5-10H,4H2,1-3H3. The Balaban J connectivity index is 2.15. The molecule has 2 aromatic rings. The molecule has 7 heteroatoms. The number of benzene rings is 1. The van der Waals surface area contributed by atoms with E-state index >= 15 is 0 Å². The van der Waals surface area contributed by atoms with Crippen molar-refractivity contribution in [3.8, 4) is 0 Å². The fraction of sp³-hybridized carbons (Fsp3) is 0.278. The summed E-state index contributed by atoms with van der Waals surface area (Å²) >= 11 is 0. The zero-order valence-corrected chi connectivity index (χ0v) is 14.8. The molecule has 0 saturated carbocycles. The smallest absolute Gasteiger partial charge is 0.278 e. The first-order valence-electron chi connectivity index (χ1n) is 7.68. The molecule has 0 bridgehead atoms. The summed E-state index contributed by atoms with van der Waals surface area (Å²) in [5.41, 5.74) is -0.00557. The number of ether oxygens (including phenoxy) is 1. The quantitative estimate of drug-likeness (QED) is 0.831. The molecule has 1 atom stereocenters. The van der Waals surface area contributed by atoms with Gasteiger partial charge in [-0.15, -0.1) is 0 Å². The number of carbonyl (C=O) groups excluding carboxylic acids is 1. The molecule has 132 valence electrons. The highest BCUT2D eigenvalue weighted by atomic mass is 32.2. The van der Waals surface area contributed by atoms with Gasteiger partial charge < -0.3 is 9.15 Å². The Kier molecular flexibility index (Phi) is 4.07. The van der Waals surface area contributed by atoms with Gasteiger partial charge in [-0.3, -0.25) is 4.79 Å². The van der Waals surface area contributed by atoms with Crippen LogP contribution in [0.4, 0.5) is 4.39 Å². The molecule has 1 aliphatic rings. The number of Topliss-reactive ketones (excluding diaryl/α,β-unsaturated/α-hetero) is 1. The van der Waals surface area contributed by atoms with Gasteiger partial charge in [0.1, 0.15) is 12.0 Å². The third-order valence-corrected chi connectivity index (χ3v) is 5.47. The highest BCUT2D eigenvalue weighted by Gasteiger charge is 2.45. The Morgan fingerprint density at radius 2 is 1.80 bits per heavy atom. The average Bonchev–Trinajstić information content (AvgIpc) is 3.09. The summed E-state index contributed by atoms with van der Waals surface area (Å²) in [6.07, 6.45) is 2.71. The van der Waals surface area contributed by atoms with E-state index in [4.69, 9.17) is 4.74 Å². The lowest BCUT2D eigenvalue weighted by Crippen LogP contribution is -2.32. The first-order valence-corrected chi connectivity index (χ1v) is 9.58. The molecular formula is C18H17FO5S. The zero-order chi connectivity index (χ0) is 18.4. The van der Waals surface area contributed by atoms with Gasteiger partial charge in [0.25, 0.3) is 6.01 Å². The molecule has 0 spiro atoms. The first kappa shape index (κ1) is 17.4. The molecule has 0 aliphatic carbocycles. The van der Waals surface area contributed by atoms with Crippen molar-refractivity contribution in [3.63, 3.8) is 0 Å². The molecule has 1 aliphatic heterocycles. The van der Waals surface area contributed by atoms with Crippen LogP contribution in [0.5, 0.6) is 0 Å². The summed E-state index contributed by atoms with van der Waals surface area (Å²) in [4.78, 5) is 13.0.